The topological polar surface area (TPSA) is 43.4 Å². The Hall–Kier alpha value is 0.01000. The van der Waals surface area contributed by atoms with Crippen molar-refractivity contribution in [3.8, 4) is 0 Å². The van der Waals surface area contributed by atoms with Crippen LogP contribution in [0.4, 0.5) is 0 Å². The number of alkyl halides is 3. The van der Waals surface area contributed by atoms with Crippen molar-refractivity contribution in [1.82, 2.24) is 0 Å². The molecule has 0 rings (SSSR count). The first-order valence-electron chi connectivity index (χ1n) is 3.12. The summed E-state index contributed by atoms with van der Waals surface area (Å²) in [6.45, 7) is 1.74. The summed E-state index contributed by atoms with van der Waals surface area (Å²) in [4.78, 5) is 21.2. The van der Waals surface area contributed by atoms with Gasteiger partial charge in [-0.25, -0.2) is 0 Å². The molecule has 0 aliphatic carbocycles. The Kier molecular flexibility index (Phi) is 4.90. The molecule has 0 aromatic rings. The minimum absolute atomic E-state index is 0.143. The Labute approximate surface area is 84.9 Å². The van der Waals surface area contributed by atoms with Crippen LogP contribution in [-0.4, -0.2) is 22.7 Å². The summed E-state index contributed by atoms with van der Waals surface area (Å²) in [5.74, 6) is -2.19. The van der Waals surface area contributed by atoms with Gasteiger partial charge in [0, 0.05) is 0 Å². The molecule has 0 aromatic carbocycles. The van der Waals surface area contributed by atoms with E-state index in [4.69, 9.17) is 34.8 Å². The number of halogens is 3. The Morgan fingerprint density at radius 1 is 1.58 bits per heavy atom. The van der Waals surface area contributed by atoms with Gasteiger partial charge in [-0.2, -0.15) is 0 Å². The van der Waals surface area contributed by atoms with Crippen LogP contribution in [-0.2, 0) is 14.3 Å². The molecule has 0 bridgehead atoms. The fraction of sp³-hybridized carbons (Fsp3) is 0.667. The van der Waals surface area contributed by atoms with E-state index in [0.717, 1.165) is 0 Å². The number of carbonyl (C=O) groups excluding carboxylic acids is 2. The van der Waals surface area contributed by atoms with Crippen LogP contribution < -0.4 is 0 Å². The SMILES string of the molecule is CCOC(=O)C(C=O)C(Cl)(Cl)Cl. The zero-order valence-corrected chi connectivity index (χ0v) is 8.49. The van der Waals surface area contributed by atoms with Gasteiger partial charge in [0.15, 0.2) is 5.92 Å². The maximum atomic E-state index is 10.9. The Morgan fingerprint density at radius 3 is 2.33 bits per heavy atom. The van der Waals surface area contributed by atoms with Crippen LogP contribution >= 0.6 is 34.8 Å². The molecule has 0 aliphatic rings. The molecular weight excluding hydrogens is 226 g/mol. The number of esters is 1. The van der Waals surface area contributed by atoms with Gasteiger partial charge >= 0.3 is 5.97 Å². The first kappa shape index (κ1) is 12.0. The van der Waals surface area contributed by atoms with Crippen LogP contribution in [0.25, 0.3) is 0 Å². The van der Waals surface area contributed by atoms with Crippen LogP contribution in [0.1, 0.15) is 6.92 Å². The highest BCUT2D eigenvalue weighted by atomic mass is 35.6. The summed E-state index contributed by atoms with van der Waals surface area (Å²) < 4.78 is 2.56. The molecule has 0 aliphatic heterocycles. The molecule has 0 amide bonds. The number of hydrogen-bond donors (Lipinski definition) is 0. The van der Waals surface area contributed by atoms with Crippen LogP contribution in [0.2, 0.25) is 0 Å². The summed E-state index contributed by atoms with van der Waals surface area (Å²) in [5.41, 5.74) is 0. The maximum Gasteiger partial charge on any atom is 0.320 e. The first-order valence-corrected chi connectivity index (χ1v) is 4.25. The summed E-state index contributed by atoms with van der Waals surface area (Å²) in [5, 5.41) is 0. The molecule has 3 nitrogen and oxygen atoms in total. The second-order valence-electron chi connectivity index (χ2n) is 1.91. The molecule has 70 valence electrons. The van der Waals surface area contributed by atoms with E-state index < -0.39 is 15.7 Å². The number of ether oxygens (including phenoxy) is 1. The van der Waals surface area contributed by atoms with Crippen molar-refractivity contribution in [1.29, 1.82) is 0 Å². The number of carbonyl (C=O) groups is 2. The average molecular weight is 233 g/mol. The molecule has 0 fully saturated rings. The van der Waals surface area contributed by atoms with Crippen LogP contribution in [0, 0.1) is 5.92 Å². The van der Waals surface area contributed by atoms with Crippen molar-refractivity contribution in [3.05, 3.63) is 0 Å². The maximum absolute atomic E-state index is 10.9. The Morgan fingerprint density at radius 2 is 2.08 bits per heavy atom. The van der Waals surface area contributed by atoms with Gasteiger partial charge in [0.05, 0.1) is 6.61 Å². The van der Waals surface area contributed by atoms with E-state index in [1.807, 2.05) is 0 Å². The second-order valence-corrected chi connectivity index (χ2v) is 4.28. The molecule has 1 atom stereocenters. The lowest BCUT2D eigenvalue weighted by molar-refractivity contribution is -0.149. The van der Waals surface area contributed by atoms with Crippen molar-refractivity contribution < 1.29 is 14.3 Å². The van der Waals surface area contributed by atoms with Gasteiger partial charge in [-0.1, -0.05) is 34.8 Å². The average Bonchev–Trinajstić information content (AvgIpc) is 1.85. The third kappa shape index (κ3) is 3.61. The van der Waals surface area contributed by atoms with Gasteiger partial charge in [-0.3, -0.25) is 4.79 Å². The van der Waals surface area contributed by atoms with Crippen molar-refractivity contribution in [2.45, 2.75) is 10.7 Å². The van der Waals surface area contributed by atoms with E-state index in [9.17, 15) is 9.59 Å². The summed E-state index contributed by atoms with van der Waals surface area (Å²) in [6.07, 6.45) is 0.255. The molecular formula is C6H7Cl3O3. The van der Waals surface area contributed by atoms with E-state index in [1.54, 1.807) is 6.92 Å². The number of aldehydes is 1. The fourth-order valence-corrected chi connectivity index (χ4v) is 0.920. The van der Waals surface area contributed by atoms with Crippen LogP contribution in [0.3, 0.4) is 0 Å². The Balaban J connectivity index is 4.35. The fourth-order valence-electron chi connectivity index (χ4n) is 0.498. The minimum Gasteiger partial charge on any atom is -0.465 e. The lowest BCUT2D eigenvalue weighted by atomic mass is 10.2. The van der Waals surface area contributed by atoms with Gasteiger partial charge in [0.2, 0.25) is 3.79 Å². The molecule has 0 radical (unpaired) electrons. The smallest absolute Gasteiger partial charge is 0.320 e. The quantitative estimate of drug-likeness (QED) is 0.323. The van der Waals surface area contributed by atoms with Gasteiger partial charge in [0.25, 0.3) is 0 Å². The number of hydrogen-bond acceptors (Lipinski definition) is 3. The highest BCUT2D eigenvalue weighted by Crippen LogP contribution is 2.34. The van der Waals surface area contributed by atoms with E-state index in [1.165, 1.54) is 0 Å². The van der Waals surface area contributed by atoms with Gasteiger partial charge in [-0.05, 0) is 6.92 Å². The Bertz CT molecular complexity index is 175. The van der Waals surface area contributed by atoms with E-state index in [-0.39, 0.29) is 12.9 Å². The van der Waals surface area contributed by atoms with E-state index >= 15 is 0 Å². The molecule has 0 N–H and O–H groups in total. The molecule has 0 heterocycles. The third-order valence-electron chi connectivity index (χ3n) is 1.03. The van der Waals surface area contributed by atoms with E-state index in [2.05, 4.69) is 4.74 Å². The monoisotopic (exact) mass is 232 g/mol. The molecule has 6 heteroatoms. The van der Waals surface area contributed by atoms with E-state index in [0.29, 0.717) is 0 Å². The normalized spacial score (nSPS) is 13.7. The first-order chi connectivity index (χ1) is 5.43. The molecule has 0 spiro atoms. The summed E-state index contributed by atoms with van der Waals surface area (Å²) >= 11 is 16.0. The lowest BCUT2D eigenvalue weighted by Gasteiger charge is -2.16. The predicted molar refractivity (Wildman–Crippen MR) is 46.5 cm³/mol. The third-order valence-corrected chi connectivity index (χ3v) is 1.73. The highest BCUT2D eigenvalue weighted by molar-refractivity contribution is 6.69. The summed E-state index contributed by atoms with van der Waals surface area (Å²) in [7, 11) is 0. The van der Waals surface area contributed by atoms with Gasteiger partial charge in [-0.15, -0.1) is 0 Å². The largest absolute Gasteiger partial charge is 0.465 e. The lowest BCUT2D eigenvalue weighted by Crippen LogP contribution is -2.31. The predicted octanol–water partition coefficient (Wildman–Crippen LogP) is 1.73. The van der Waals surface area contributed by atoms with Gasteiger partial charge in [0.1, 0.15) is 6.29 Å². The van der Waals surface area contributed by atoms with Crippen LogP contribution in [0.15, 0.2) is 0 Å². The molecule has 0 saturated carbocycles. The van der Waals surface area contributed by atoms with Crippen molar-refractivity contribution in [2.75, 3.05) is 6.61 Å². The van der Waals surface area contributed by atoms with Crippen molar-refractivity contribution in [3.63, 3.8) is 0 Å². The minimum atomic E-state index is -1.94. The zero-order valence-electron chi connectivity index (χ0n) is 6.22. The molecule has 0 aromatic heterocycles. The van der Waals surface area contributed by atoms with Crippen molar-refractivity contribution in [2.24, 2.45) is 5.92 Å². The summed E-state index contributed by atoms with van der Waals surface area (Å²) in [6, 6.07) is 0. The van der Waals surface area contributed by atoms with Crippen molar-refractivity contribution >= 4 is 47.1 Å². The standard InChI is InChI=1S/C6H7Cl3O3/c1-2-12-5(11)4(3-10)6(7,8)9/h3-4H,2H2,1H3. The molecule has 0 saturated heterocycles. The van der Waals surface area contributed by atoms with Gasteiger partial charge < -0.3 is 9.53 Å². The molecule has 12 heavy (non-hydrogen) atoms. The van der Waals surface area contributed by atoms with Crippen LogP contribution in [0.5, 0.6) is 0 Å². The highest BCUT2D eigenvalue weighted by Gasteiger charge is 2.39. The second kappa shape index (κ2) is 4.90. The number of rotatable bonds is 3. The molecule has 1 unspecified atom stereocenters. The zero-order chi connectivity index (χ0) is 9.78.